The van der Waals surface area contributed by atoms with E-state index < -0.39 is 54.6 Å². The van der Waals surface area contributed by atoms with E-state index in [4.69, 9.17) is 9.47 Å². The average Bonchev–Trinajstić information content (AvgIpc) is 2.74. The Labute approximate surface area is 165 Å². The number of hydrogen-bond donors (Lipinski definition) is 7. The van der Waals surface area contributed by atoms with E-state index in [-0.39, 0.29) is 11.3 Å². The van der Waals surface area contributed by atoms with Crippen LogP contribution >= 0.6 is 0 Å². The lowest BCUT2D eigenvalue weighted by molar-refractivity contribution is -0.284. The van der Waals surface area contributed by atoms with Crippen molar-refractivity contribution in [2.24, 2.45) is 0 Å². The molecular formula is C20H22O9. The standard InChI is InChI=1S/C20H22O9/c21-9-13-16(25)17(26)18(27)20(28-13)29-19(10-5-2-1-3-6-10)15(24)11-7-4-8-12(22)14(11)23/h1-8,13,16-18,20-27H,9H2/b19-15-/t13-,16-,17+,18-,20?/m1/s1. The molecule has 2 aromatic carbocycles. The normalized spacial score (nSPS) is 27.9. The minimum Gasteiger partial charge on any atom is -0.504 e. The highest BCUT2D eigenvalue weighted by Gasteiger charge is 2.45. The quantitative estimate of drug-likeness (QED) is 0.210. The number of ether oxygens (including phenoxy) is 2. The van der Waals surface area contributed by atoms with Gasteiger partial charge in [-0.2, -0.15) is 0 Å². The minimum absolute atomic E-state index is 0.145. The van der Waals surface area contributed by atoms with Gasteiger partial charge in [0.05, 0.1) is 12.2 Å². The Kier molecular flexibility index (Phi) is 6.26. The lowest BCUT2D eigenvalue weighted by atomic mass is 9.99. The molecule has 1 aliphatic rings. The van der Waals surface area contributed by atoms with Crippen LogP contribution in [0.5, 0.6) is 11.5 Å². The first-order valence-electron chi connectivity index (χ1n) is 8.82. The van der Waals surface area contributed by atoms with Crippen LogP contribution in [0.4, 0.5) is 0 Å². The predicted molar refractivity (Wildman–Crippen MR) is 101 cm³/mol. The van der Waals surface area contributed by atoms with E-state index in [1.807, 2.05) is 0 Å². The van der Waals surface area contributed by atoms with Crippen LogP contribution in [0.25, 0.3) is 11.5 Å². The summed E-state index contributed by atoms with van der Waals surface area (Å²) >= 11 is 0. The van der Waals surface area contributed by atoms with E-state index in [9.17, 15) is 35.7 Å². The van der Waals surface area contributed by atoms with Crippen molar-refractivity contribution in [3.05, 3.63) is 59.7 Å². The fourth-order valence-electron chi connectivity index (χ4n) is 2.98. The average molecular weight is 406 g/mol. The van der Waals surface area contributed by atoms with Crippen molar-refractivity contribution in [2.45, 2.75) is 30.7 Å². The molecular weight excluding hydrogens is 384 g/mol. The van der Waals surface area contributed by atoms with Gasteiger partial charge in [0.15, 0.2) is 23.0 Å². The summed E-state index contributed by atoms with van der Waals surface area (Å²) in [6.45, 7) is -0.644. The number of hydrogen-bond acceptors (Lipinski definition) is 9. The predicted octanol–water partition coefficient (Wildman–Crippen LogP) is 0.298. The molecule has 1 fully saturated rings. The first kappa shape index (κ1) is 20.9. The van der Waals surface area contributed by atoms with Gasteiger partial charge in [-0.15, -0.1) is 0 Å². The Hall–Kier alpha value is -2.82. The molecule has 9 nitrogen and oxygen atoms in total. The summed E-state index contributed by atoms with van der Waals surface area (Å²) in [5.74, 6) is -1.84. The van der Waals surface area contributed by atoms with Crippen LogP contribution in [0.2, 0.25) is 0 Å². The van der Waals surface area contributed by atoms with Crippen molar-refractivity contribution in [2.75, 3.05) is 6.61 Å². The van der Waals surface area contributed by atoms with Crippen LogP contribution in [0.3, 0.4) is 0 Å². The zero-order chi connectivity index (χ0) is 21.1. The Balaban J connectivity index is 2.04. The topological polar surface area (TPSA) is 160 Å². The molecule has 9 heteroatoms. The summed E-state index contributed by atoms with van der Waals surface area (Å²) < 4.78 is 11.0. The van der Waals surface area contributed by atoms with Crippen molar-refractivity contribution in [1.82, 2.24) is 0 Å². The molecule has 7 N–H and O–H groups in total. The molecule has 1 heterocycles. The van der Waals surface area contributed by atoms with E-state index in [0.717, 1.165) is 0 Å². The minimum atomic E-state index is -1.70. The molecule has 29 heavy (non-hydrogen) atoms. The summed E-state index contributed by atoms with van der Waals surface area (Å²) in [7, 11) is 0. The number of phenolic OH excluding ortho intramolecular Hbond substituents is 2. The Morgan fingerprint density at radius 2 is 1.59 bits per heavy atom. The fourth-order valence-corrected chi connectivity index (χ4v) is 2.98. The van der Waals surface area contributed by atoms with Gasteiger partial charge >= 0.3 is 0 Å². The highest BCUT2D eigenvalue weighted by atomic mass is 16.7. The summed E-state index contributed by atoms with van der Waals surface area (Å²) in [5, 5.41) is 70.0. The second kappa shape index (κ2) is 8.68. The molecule has 1 unspecified atom stereocenters. The number of para-hydroxylation sites is 1. The highest BCUT2D eigenvalue weighted by molar-refractivity contribution is 5.85. The second-order valence-electron chi connectivity index (χ2n) is 6.53. The zero-order valence-corrected chi connectivity index (χ0v) is 15.2. The number of aliphatic hydroxyl groups is 5. The van der Waals surface area contributed by atoms with Gasteiger partial charge in [-0.05, 0) is 12.1 Å². The molecule has 5 atom stereocenters. The van der Waals surface area contributed by atoms with Crippen molar-refractivity contribution in [3.63, 3.8) is 0 Å². The Bertz CT molecular complexity index is 866. The Morgan fingerprint density at radius 3 is 2.24 bits per heavy atom. The van der Waals surface area contributed by atoms with Gasteiger partial charge in [-0.1, -0.05) is 36.4 Å². The molecule has 3 rings (SSSR count). The van der Waals surface area contributed by atoms with E-state index in [0.29, 0.717) is 5.56 Å². The van der Waals surface area contributed by atoms with Gasteiger partial charge in [0.2, 0.25) is 6.29 Å². The van der Waals surface area contributed by atoms with Crippen LogP contribution in [0, 0.1) is 0 Å². The first-order chi connectivity index (χ1) is 13.8. The molecule has 1 aliphatic heterocycles. The monoisotopic (exact) mass is 406 g/mol. The van der Waals surface area contributed by atoms with Crippen molar-refractivity contribution in [3.8, 4) is 11.5 Å². The molecule has 0 aromatic heterocycles. The third kappa shape index (κ3) is 4.14. The highest BCUT2D eigenvalue weighted by Crippen LogP contribution is 2.37. The van der Waals surface area contributed by atoms with Gasteiger partial charge in [0.1, 0.15) is 24.4 Å². The maximum atomic E-state index is 10.8. The van der Waals surface area contributed by atoms with Crippen LogP contribution in [0.15, 0.2) is 48.5 Å². The summed E-state index contributed by atoms with van der Waals surface area (Å²) in [6.07, 6.45) is -7.69. The summed E-state index contributed by atoms with van der Waals surface area (Å²) in [5.41, 5.74) is 0.193. The third-order valence-electron chi connectivity index (χ3n) is 4.60. The number of aromatic hydroxyl groups is 2. The molecule has 0 bridgehead atoms. The van der Waals surface area contributed by atoms with Gasteiger partial charge in [-0.3, -0.25) is 0 Å². The maximum absolute atomic E-state index is 10.8. The molecule has 0 amide bonds. The molecule has 0 radical (unpaired) electrons. The summed E-state index contributed by atoms with van der Waals surface area (Å²) in [4.78, 5) is 0. The van der Waals surface area contributed by atoms with Crippen LogP contribution in [0.1, 0.15) is 11.1 Å². The van der Waals surface area contributed by atoms with Crippen molar-refractivity contribution < 1.29 is 45.2 Å². The molecule has 0 aliphatic carbocycles. The maximum Gasteiger partial charge on any atom is 0.229 e. The lowest BCUT2D eigenvalue weighted by Crippen LogP contribution is -2.59. The van der Waals surface area contributed by atoms with Crippen LogP contribution in [-0.2, 0) is 9.47 Å². The molecule has 1 saturated heterocycles. The molecule has 0 spiro atoms. The van der Waals surface area contributed by atoms with Crippen molar-refractivity contribution in [1.29, 1.82) is 0 Å². The van der Waals surface area contributed by atoms with E-state index in [2.05, 4.69) is 0 Å². The molecule has 0 saturated carbocycles. The largest absolute Gasteiger partial charge is 0.504 e. The van der Waals surface area contributed by atoms with Gasteiger partial charge in [0, 0.05) is 5.56 Å². The lowest BCUT2D eigenvalue weighted by Gasteiger charge is -2.40. The number of aliphatic hydroxyl groups excluding tert-OH is 5. The number of phenols is 2. The van der Waals surface area contributed by atoms with Crippen LogP contribution in [-0.4, -0.2) is 73.1 Å². The second-order valence-corrected chi connectivity index (χ2v) is 6.53. The zero-order valence-electron chi connectivity index (χ0n) is 15.2. The fraction of sp³-hybridized carbons (Fsp3) is 0.300. The smallest absolute Gasteiger partial charge is 0.229 e. The van der Waals surface area contributed by atoms with E-state index in [1.165, 1.54) is 18.2 Å². The van der Waals surface area contributed by atoms with Crippen LogP contribution < -0.4 is 0 Å². The summed E-state index contributed by atoms with van der Waals surface area (Å²) in [6, 6.07) is 12.2. The Morgan fingerprint density at radius 1 is 0.897 bits per heavy atom. The van der Waals surface area contributed by atoms with Gasteiger partial charge < -0.3 is 45.2 Å². The molecule has 156 valence electrons. The van der Waals surface area contributed by atoms with E-state index >= 15 is 0 Å². The van der Waals surface area contributed by atoms with E-state index in [1.54, 1.807) is 30.3 Å². The van der Waals surface area contributed by atoms with Gasteiger partial charge in [-0.25, -0.2) is 0 Å². The third-order valence-corrected chi connectivity index (χ3v) is 4.60. The number of rotatable bonds is 5. The SMILES string of the molecule is OC[C@H]1OC(O/C(=C(\O)c2cccc(O)c2O)c2ccccc2)[C@H](O)[C@@H](O)[C@@H]1O. The molecule has 2 aromatic rings. The van der Waals surface area contributed by atoms with Crippen molar-refractivity contribution >= 4 is 11.5 Å². The van der Waals surface area contributed by atoms with Gasteiger partial charge in [0.25, 0.3) is 0 Å². The number of benzene rings is 2. The first-order valence-corrected chi connectivity index (χ1v) is 8.82.